The third-order valence-electron chi connectivity index (χ3n) is 4.08. The van der Waals surface area contributed by atoms with Crippen LogP contribution in [0.4, 0.5) is 4.39 Å². The molecule has 0 spiro atoms. The molecule has 0 aliphatic carbocycles. The van der Waals surface area contributed by atoms with Gasteiger partial charge in [-0.1, -0.05) is 30.8 Å². The van der Waals surface area contributed by atoms with Crippen molar-refractivity contribution in [1.82, 2.24) is 9.55 Å². The number of hydrogen-bond donors (Lipinski definition) is 0. The molecule has 0 atom stereocenters. The molecule has 0 bridgehead atoms. The number of nitrogens with zero attached hydrogens (tertiary/aromatic N) is 2. The maximum atomic E-state index is 13.8. The number of ketones is 1. The van der Waals surface area contributed by atoms with Crippen molar-refractivity contribution in [3.05, 3.63) is 64.2 Å². The molecule has 1 heterocycles. The molecule has 0 saturated heterocycles. The average Bonchev–Trinajstić information content (AvgIpc) is 2.68. The van der Waals surface area contributed by atoms with E-state index in [-0.39, 0.29) is 28.4 Å². The lowest BCUT2D eigenvalue weighted by Gasteiger charge is -2.12. The molecular weight excluding hydrogens is 367 g/mol. The third-order valence-corrected chi connectivity index (χ3v) is 5.06. The molecule has 3 aromatic rings. The summed E-state index contributed by atoms with van der Waals surface area (Å²) < 4.78 is 20.3. The molecule has 3 rings (SSSR count). The fourth-order valence-electron chi connectivity index (χ4n) is 2.73. The minimum Gasteiger partial charge on any atom is -0.494 e. The summed E-state index contributed by atoms with van der Waals surface area (Å²) in [6, 6.07) is 11.3. The Morgan fingerprint density at radius 3 is 2.74 bits per heavy atom. The van der Waals surface area contributed by atoms with Crippen molar-refractivity contribution in [2.75, 3.05) is 12.9 Å². The minimum absolute atomic E-state index is 0.0558. The van der Waals surface area contributed by atoms with Crippen molar-refractivity contribution in [2.24, 2.45) is 0 Å². The van der Waals surface area contributed by atoms with Crippen LogP contribution in [0.1, 0.15) is 23.7 Å². The molecule has 1 aromatic heterocycles. The molecule has 0 saturated carbocycles. The Bertz CT molecular complexity index is 1050. The molecule has 5 nitrogen and oxygen atoms in total. The van der Waals surface area contributed by atoms with Crippen molar-refractivity contribution in [2.45, 2.75) is 25.0 Å². The standard InChI is InChI=1S/C20H19FN2O3S/c1-3-10-23-19(25)14-6-4-5-7-16(14)22-20(23)27-12-17(24)13-8-9-18(26-2)15(21)11-13/h4-9,11H,3,10,12H2,1-2H3. The number of carbonyl (C=O) groups is 1. The van der Waals surface area contributed by atoms with Gasteiger partial charge in [-0.05, 0) is 36.8 Å². The van der Waals surface area contributed by atoms with Crippen molar-refractivity contribution >= 4 is 28.4 Å². The van der Waals surface area contributed by atoms with E-state index in [0.717, 1.165) is 12.5 Å². The summed E-state index contributed by atoms with van der Waals surface area (Å²) in [5.74, 6) is -0.681. The predicted molar refractivity (Wildman–Crippen MR) is 104 cm³/mol. The number of thioether (sulfide) groups is 1. The van der Waals surface area contributed by atoms with E-state index < -0.39 is 5.82 Å². The zero-order chi connectivity index (χ0) is 19.4. The van der Waals surface area contributed by atoms with Crippen LogP contribution in [-0.2, 0) is 6.54 Å². The first-order valence-electron chi connectivity index (χ1n) is 8.54. The van der Waals surface area contributed by atoms with Gasteiger partial charge in [0.1, 0.15) is 0 Å². The molecule has 0 aliphatic heterocycles. The summed E-state index contributed by atoms with van der Waals surface area (Å²) in [6.45, 7) is 2.49. The van der Waals surface area contributed by atoms with E-state index in [1.807, 2.05) is 13.0 Å². The molecule has 0 aliphatic rings. The maximum absolute atomic E-state index is 13.8. The molecule has 0 N–H and O–H groups in total. The van der Waals surface area contributed by atoms with Crippen molar-refractivity contribution < 1.29 is 13.9 Å². The van der Waals surface area contributed by atoms with Crippen molar-refractivity contribution in [3.8, 4) is 5.75 Å². The number of carbonyl (C=O) groups excluding carboxylic acids is 1. The Labute approximate surface area is 160 Å². The average molecular weight is 386 g/mol. The lowest BCUT2D eigenvalue weighted by atomic mass is 10.1. The number of fused-ring (bicyclic) bond motifs is 1. The van der Waals surface area contributed by atoms with Gasteiger partial charge in [-0.2, -0.15) is 0 Å². The summed E-state index contributed by atoms with van der Waals surface area (Å²) in [5.41, 5.74) is 0.735. The van der Waals surface area contributed by atoms with Crippen LogP contribution in [0.2, 0.25) is 0 Å². The molecule has 0 unspecified atom stereocenters. The summed E-state index contributed by atoms with van der Waals surface area (Å²) in [5, 5.41) is 1.04. The second-order valence-corrected chi connectivity index (χ2v) is 6.87. The molecule has 7 heteroatoms. The van der Waals surface area contributed by atoms with Crippen LogP contribution >= 0.6 is 11.8 Å². The number of para-hydroxylation sites is 1. The molecule has 140 valence electrons. The Kier molecular flexibility index (Phi) is 5.91. The molecule has 27 heavy (non-hydrogen) atoms. The van der Waals surface area contributed by atoms with E-state index in [4.69, 9.17) is 4.74 Å². The fourth-order valence-corrected chi connectivity index (χ4v) is 3.65. The summed E-state index contributed by atoms with van der Waals surface area (Å²) in [7, 11) is 1.37. The van der Waals surface area contributed by atoms with E-state index >= 15 is 0 Å². The van der Waals surface area contributed by atoms with Gasteiger partial charge >= 0.3 is 0 Å². The van der Waals surface area contributed by atoms with Gasteiger partial charge in [-0.15, -0.1) is 0 Å². The SMILES string of the molecule is CCCn1c(SCC(=O)c2ccc(OC)c(F)c2)nc2ccccc2c1=O. The van der Waals surface area contributed by atoms with Crippen LogP contribution in [0.5, 0.6) is 5.75 Å². The maximum Gasteiger partial charge on any atom is 0.262 e. The second-order valence-electron chi connectivity index (χ2n) is 5.93. The Morgan fingerprint density at radius 1 is 1.26 bits per heavy atom. The lowest BCUT2D eigenvalue weighted by Crippen LogP contribution is -2.23. The highest BCUT2D eigenvalue weighted by Crippen LogP contribution is 2.22. The summed E-state index contributed by atoms with van der Waals surface area (Å²) >= 11 is 1.18. The van der Waals surface area contributed by atoms with Crippen LogP contribution in [0.3, 0.4) is 0 Å². The van der Waals surface area contributed by atoms with Gasteiger partial charge in [0, 0.05) is 12.1 Å². The number of aromatic nitrogens is 2. The van der Waals surface area contributed by atoms with E-state index in [1.54, 1.807) is 22.8 Å². The van der Waals surface area contributed by atoms with Crippen LogP contribution in [0.15, 0.2) is 52.4 Å². The monoisotopic (exact) mass is 386 g/mol. The fraction of sp³-hybridized carbons (Fsp3) is 0.250. The summed E-state index contributed by atoms with van der Waals surface area (Å²) in [6.07, 6.45) is 0.769. The number of hydrogen-bond acceptors (Lipinski definition) is 5. The zero-order valence-corrected chi connectivity index (χ0v) is 15.9. The number of rotatable bonds is 7. The van der Waals surface area contributed by atoms with E-state index in [2.05, 4.69) is 4.98 Å². The van der Waals surface area contributed by atoms with Crippen LogP contribution in [-0.4, -0.2) is 28.2 Å². The van der Waals surface area contributed by atoms with Gasteiger partial charge < -0.3 is 4.74 Å². The van der Waals surface area contributed by atoms with Crippen molar-refractivity contribution in [3.63, 3.8) is 0 Å². The van der Waals surface area contributed by atoms with Crippen LogP contribution < -0.4 is 10.3 Å². The van der Waals surface area contributed by atoms with E-state index in [9.17, 15) is 14.0 Å². The topological polar surface area (TPSA) is 61.2 Å². The molecule has 2 aromatic carbocycles. The largest absolute Gasteiger partial charge is 0.494 e. The highest BCUT2D eigenvalue weighted by Gasteiger charge is 2.15. The van der Waals surface area contributed by atoms with Gasteiger partial charge in [-0.3, -0.25) is 14.2 Å². The summed E-state index contributed by atoms with van der Waals surface area (Å²) in [4.78, 5) is 29.7. The van der Waals surface area contributed by atoms with Gasteiger partial charge in [0.05, 0.1) is 23.8 Å². The molecular formula is C20H19FN2O3S. The quantitative estimate of drug-likeness (QED) is 0.350. The van der Waals surface area contributed by atoms with E-state index in [0.29, 0.717) is 22.6 Å². The predicted octanol–water partition coefficient (Wildman–Crippen LogP) is 3.93. The van der Waals surface area contributed by atoms with Crippen LogP contribution in [0.25, 0.3) is 10.9 Å². The first kappa shape index (κ1) is 19.1. The van der Waals surface area contributed by atoms with Gasteiger partial charge in [-0.25, -0.2) is 9.37 Å². The lowest BCUT2D eigenvalue weighted by molar-refractivity contribution is 0.102. The van der Waals surface area contributed by atoms with Gasteiger partial charge in [0.15, 0.2) is 22.5 Å². The number of methoxy groups -OCH3 is 1. The molecule has 0 radical (unpaired) electrons. The number of ether oxygens (including phenoxy) is 1. The Hall–Kier alpha value is -2.67. The van der Waals surface area contributed by atoms with Crippen LogP contribution in [0, 0.1) is 5.82 Å². The minimum atomic E-state index is -0.583. The third kappa shape index (κ3) is 4.03. The Morgan fingerprint density at radius 2 is 2.04 bits per heavy atom. The van der Waals surface area contributed by atoms with E-state index in [1.165, 1.54) is 31.0 Å². The number of benzene rings is 2. The second kappa shape index (κ2) is 8.35. The van der Waals surface area contributed by atoms with Gasteiger partial charge in [0.2, 0.25) is 0 Å². The Balaban J connectivity index is 1.87. The number of halogens is 1. The molecule has 0 amide bonds. The van der Waals surface area contributed by atoms with Crippen molar-refractivity contribution in [1.29, 1.82) is 0 Å². The highest BCUT2D eigenvalue weighted by atomic mass is 32.2. The molecule has 0 fully saturated rings. The first-order valence-corrected chi connectivity index (χ1v) is 9.52. The highest BCUT2D eigenvalue weighted by molar-refractivity contribution is 7.99. The zero-order valence-electron chi connectivity index (χ0n) is 15.1. The smallest absolute Gasteiger partial charge is 0.262 e. The first-order chi connectivity index (χ1) is 13.0. The number of Topliss-reactive ketones (excluding diaryl/α,β-unsaturated/α-hetero) is 1. The van der Waals surface area contributed by atoms with Gasteiger partial charge in [0.25, 0.3) is 5.56 Å². The normalized spacial score (nSPS) is 10.9.